The average Bonchev–Trinajstić information content (AvgIpc) is 3.12. The summed E-state index contributed by atoms with van der Waals surface area (Å²) in [6.07, 6.45) is 1.89. The molecule has 0 radical (unpaired) electrons. The van der Waals surface area contributed by atoms with Gasteiger partial charge in [-0.15, -0.1) is 0 Å². The van der Waals surface area contributed by atoms with Crippen molar-refractivity contribution in [2.24, 2.45) is 0 Å². The van der Waals surface area contributed by atoms with E-state index in [1.165, 1.54) is 18.2 Å². The summed E-state index contributed by atoms with van der Waals surface area (Å²) >= 11 is 0. The van der Waals surface area contributed by atoms with Gasteiger partial charge in [0.15, 0.2) is 0 Å². The third kappa shape index (κ3) is 5.88. The van der Waals surface area contributed by atoms with Crippen molar-refractivity contribution in [1.82, 2.24) is 14.9 Å². The van der Waals surface area contributed by atoms with Gasteiger partial charge in [0.1, 0.15) is 18.2 Å². The summed E-state index contributed by atoms with van der Waals surface area (Å²) in [5, 5.41) is 2.97. The van der Waals surface area contributed by atoms with Crippen molar-refractivity contribution < 1.29 is 14.3 Å². The molecule has 1 aromatic heterocycles. The molecule has 0 fully saturated rings. The molecule has 0 aliphatic carbocycles. The van der Waals surface area contributed by atoms with Crippen molar-refractivity contribution >= 4 is 16.9 Å². The topological polar surface area (TPSA) is 65.4 Å². The van der Waals surface area contributed by atoms with Crippen molar-refractivity contribution in [2.75, 3.05) is 20.3 Å². The fraction of sp³-hybridized carbons (Fsp3) is 0.462. The summed E-state index contributed by atoms with van der Waals surface area (Å²) in [5.41, 5.74) is 4.48. The Morgan fingerprint density at radius 1 is 1.12 bits per heavy atom. The summed E-state index contributed by atoms with van der Waals surface area (Å²) in [6.45, 7) is 9.96. The third-order valence-electron chi connectivity index (χ3n) is 5.55. The molecular weight excluding hydrogens is 402 g/mol. The number of nitrogens with one attached hydrogen (secondary N) is 1. The smallest absolute Gasteiger partial charge is 0.246 e. The Morgan fingerprint density at radius 2 is 1.91 bits per heavy atom. The Labute approximate surface area is 190 Å². The highest BCUT2D eigenvalue weighted by Crippen LogP contribution is 2.28. The molecule has 0 aliphatic heterocycles. The fourth-order valence-corrected chi connectivity index (χ4v) is 3.94. The summed E-state index contributed by atoms with van der Waals surface area (Å²) in [6, 6.07) is 14.3. The number of amides is 1. The first kappa shape index (κ1) is 23.8. The van der Waals surface area contributed by atoms with Gasteiger partial charge in [-0.3, -0.25) is 4.79 Å². The van der Waals surface area contributed by atoms with Crippen LogP contribution in [0.3, 0.4) is 0 Å². The van der Waals surface area contributed by atoms with Gasteiger partial charge >= 0.3 is 0 Å². The van der Waals surface area contributed by atoms with Crippen molar-refractivity contribution in [3.63, 3.8) is 0 Å². The molecule has 3 aromatic rings. The quantitative estimate of drug-likeness (QED) is 0.421. The lowest BCUT2D eigenvalue weighted by Crippen LogP contribution is -2.31. The molecule has 0 bridgehead atoms. The number of imidazole rings is 1. The maximum atomic E-state index is 12.0. The van der Waals surface area contributed by atoms with Crippen molar-refractivity contribution in [3.05, 3.63) is 59.4 Å². The number of benzene rings is 2. The Kier molecular flexibility index (Phi) is 8.28. The van der Waals surface area contributed by atoms with E-state index in [9.17, 15) is 4.79 Å². The van der Waals surface area contributed by atoms with E-state index >= 15 is 0 Å². The molecule has 0 spiro atoms. The fourth-order valence-electron chi connectivity index (χ4n) is 3.94. The molecular formula is C26H35N3O3. The summed E-state index contributed by atoms with van der Waals surface area (Å²) in [7, 11) is 1.52. The van der Waals surface area contributed by atoms with Gasteiger partial charge in [-0.05, 0) is 61.9 Å². The summed E-state index contributed by atoms with van der Waals surface area (Å²) in [5.74, 6) is 2.13. The molecule has 32 heavy (non-hydrogen) atoms. The van der Waals surface area contributed by atoms with E-state index in [1.807, 2.05) is 25.1 Å². The predicted molar refractivity (Wildman–Crippen MR) is 128 cm³/mol. The number of para-hydroxylation sites is 2. The van der Waals surface area contributed by atoms with Crippen LogP contribution in [0.2, 0.25) is 0 Å². The van der Waals surface area contributed by atoms with Gasteiger partial charge in [-0.25, -0.2) is 4.98 Å². The number of rotatable bonds is 11. The van der Waals surface area contributed by atoms with E-state index < -0.39 is 0 Å². The molecule has 0 saturated heterocycles. The van der Waals surface area contributed by atoms with E-state index in [0.29, 0.717) is 12.5 Å². The van der Waals surface area contributed by atoms with Gasteiger partial charge in [-0.1, -0.05) is 38.1 Å². The number of methoxy groups -OCH3 is 1. The maximum Gasteiger partial charge on any atom is 0.246 e. The van der Waals surface area contributed by atoms with Crippen molar-refractivity contribution in [1.29, 1.82) is 0 Å². The number of hydrogen-bond donors (Lipinski definition) is 1. The molecule has 0 saturated carbocycles. The van der Waals surface area contributed by atoms with Gasteiger partial charge in [0.05, 0.1) is 23.7 Å². The van der Waals surface area contributed by atoms with Gasteiger partial charge in [0.2, 0.25) is 5.91 Å². The largest absolute Gasteiger partial charge is 0.493 e. The predicted octanol–water partition coefficient (Wildman–Crippen LogP) is 5.15. The minimum atomic E-state index is -0.206. The van der Waals surface area contributed by atoms with Crippen LogP contribution in [0.5, 0.6) is 5.75 Å². The third-order valence-corrected chi connectivity index (χ3v) is 5.55. The molecule has 0 aliphatic rings. The van der Waals surface area contributed by atoms with Crippen LogP contribution in [0.4, 0.5) is 0 Å². The standard InChI is InChI=1S/C26H35N3O3/c1-18(2)21-13-12-19(3)16-24(21)32-15-9-8-14-29-23-11-7-6-10-22(23)28-26(29)20(4)27-25(30)17-31-5/h6-7,10-13,16,18,20H,8-9,14-15,17H2,1-5H3,(H,27,30). The van der Waals surface area contributed by atoms with Gasteiger partial charge in [0.25, 0.3) is 0 Å². The highest BCUT2D eigenvalue weighted by Gasteiger charge is 2.18. The average molecular weight is 438 g/mol. The molecule has 1 amide bonds. The maximum absolute atomic E-state index is 12.0. The normalized spacial score (nSPS) is 12.3. The molecule has 2 aromatic carbocycles. The zero-order valence-corrected chi connectivity index (χ0v) is 19.9. The molecule has 172 valence electrons. The SMILES string of the molecule is COCC(=O)NC(C)c1nc2ccccc2n1CCCCOc1cc(C)ccc1C(C)C. The van der Waals surface area contributed by atoms with E-state index in [1.54, 1.807) is 0 Å². The Balaban J connectivity index is 1.65. The molecule has 6 heteroatoms. The second-order valence-electron chi connectivity index (χ2n) is 8.58. The Hall–Kier alpha value is -2.86. The number of carbonyl (C=O) groups excluding carboxylic acids is 1. The monoisotopic (exact) mass is 437 g/mol. The Bertz CT molecular complexity index is 1040. The molecule has 1 heterocycles. The number of aromatic nitrogens is 2. The van der Waals surface area contributed by atoms with E-state index in [2.05, 4.69) is 54.9 Å². The number of nitrogens with zero attached hydrogens (tertiary/aromatic N) is 2. The van der Waals surface area contributed by atoms with Crippen LogP contribution in [-0.2, 0) is 16.1 Å². The van der Waals surface area contributed by atoms with Crippen molar-refractivity contribution in [3.8, 4) is 5.75 Å². The van der Waals surface area contributed by atoms with E-state index in [-0.39, 0.29) is 18.6 Å². The second-order valence-corrected chi connectivity index (χ2v) is 8.58. The van der Waals surface area contributed by atoms with Gasteiger partial charge in [-0.2, -0.15) is 0 Å². The molecule has 6 nitrogen and oxygen atoms in total. The summed E-state index contributed by atoms with van der Waals surface area (Å²) in [4.78, 5) is 16.8. The molecule has 3 rings (SSSR count). The van der Waals surface area contributed by atoms with Crippen LogP contribution < -0.4 is 10.1 Å². The van der Waals surface area contributed by atoms with E-state index in [0.717, 1.165) is 42.0 Å². The lowest BCUT2D eigenvalue weighted by molar-refractivity contribution is -0.125. The molecule has 1 N–H and O–H groups in total. The van der Waals surface area contributed by atoms with Crippen LogP contribution in [0.25, 0.3) is 11.0 Å². The van der Waals surface area contributed by atoms with Crippen LogP contribution in [-0.4, -0.2) is 35.8 Å². The number of carbonyl (C=O) groups is 1. The number of fused-ring (bicyclic) bond motifs is 1. The first-order valence-electron chi connectivity index (χ1n) is 11.4. The zero-order valence-electron chi connectivity index (χ0n) is 19.9. The first-order valence-corrected chi connectivity index (χ1v) is 11.4. The van der Waals surface area contributed by atoms with Crippen LogP contribution >= 0.6 is 0 Å². The van der Waals surface area contributed by atoms with Gasteiger partial charge in [0, 0.05) is 13.7 Å². The Morgan fingerprint density at radius 3 is 2.66 bits per heavy atom. The lowest BCUT2D eigenvalue weighted by Gasteiger charge is -2.17. The number of hydrogen-bond acceptors (Lipinski definition) is 4. The van der Waals surface area contributed by atoms with Crippen LogP contribution in [0, 0.1) is 6.92 Å². The number of ether oxygens (including phenoxy) is 2. The van der Waals surface area contributed by atoms with Gasteiger partial charge < -0.3 is 19.4 Å². The highest BCUT2D eigenvalue weighted by molar-refractivity contribution is 5.78. The van der Waals surface area contributed by atoms with Crippen LogP contribution in [0.15, 0.2) is 42.5 Å². The number of aryl methyl sites for hydroxylation is 2. The molecule has 1 unspecified atom stereocenters. The van der Waals surface area contributed by atoms with Crippen molar-refractivity contribution in [2.45, 2.75) is 59.0 Å². The second kappa shape index (κ2) is 11.1. The zero-order chi connectivity index (χ0) is 23.1. The minimum absolute atomic E-state index is 0.0409. The van der Waals surface area contributed by atoms with Crippen LogP contribution in [0.1, 0.15) is 62.5 Å². The first-order chi connectivity index (χ1) is 15.4. The van der Waals surface area contributed by atoms with E-state index in [4.69, 9.17) is 14.5 Å². The molecule has 1 atom stereocenters. The summed E-state index contributed by atoms with van der Waals surface area (Å²) < 4.78 is 13.3. The minimum Gasteiger partial charge on any atom is -0.493 e. The lowest BCUT2D eigenvalue weighted by atomic mass is 10.0. The highest BCUT2D eigenvalue weighted by atomic mass is 16.5. The number of unbranched alkanes of at least 4 members (excludes halogenated alkanes) is 1.